The van der Waals surface area contributed by atoms with Gasteiger partial charge in [-0.15, -0.1) is 0 Å². The summed E-state index contributed by atoms with van der Waals surface area (Å²) in [6.45, 7) is 10.4. The number of nitrogens with zero attached hydrogens (tertiary/aromatic N) is 1. The number of ether oxygens (including phenoxy) is 1. The van der Waals surface area contributed by atoms with Crippen LogP contribution in [0.4, 0.5) is 5.69 Å². The summed E-state index contributed by atoms with van der Waals surface area (Å²) in [4.78, 5) is 2.42. The Labute approximate surface area is 130 Å². The van der Waals surface area contributed by atoms with Crippen LogP contribution in [0.15, 0.2) is 22.7 Å². The van der Waals surface area contributed by atoms with E-state index < -0.39 is 0 Å². The molecule has 0 radical (unpaired) electrons. The number of rotatable bonds is 4. The molecule has 1 aromatic rings. The first kappa shape index (κ1) is 15.8. The fraction of sp³-hybridized carbons (Fsp3) is 0.625. The van der Waals surface area contributed by atoms with Crippen molar-refractivity contribution in [3.05, 3.63) is 28.2 Å². The van der Waals surface area contributed by atoms with Crippen LogP contribution in [0.2, 0.25) is 0 Å². The summed E-state index contributed by atoms with van der Waals surface area (Å²) in [5.41, 5.74) is 2.59. The lowest BCUT2D eigenvalue weighted by Gasteiger charge is -2.26. The molecular formula is C16H25BrN2O. The fourth-order valence-corrected chi connectivity index (χ4v) is 3.33. The van der Waals surface area contributed by atoms with Gasteiger partial charge in [0.05, 0.1) is 11.8 Å². The smallest absolute Gasteiger partial charge is 0.0721 e. The largest absolute Gasteiger partial charge is 0.377 e. The van der Waals surface area contributed by atoms with Crippen molar-refractivity contribution in [2.24, 2.45) is 0 Å². The fourth-order valence-electron chi connectivity index (χ4n) is 2.69. The summed E-state index contributed by atoms with van der Waals surface area (Å²) in [6.07, 6.45) is 1.39. The molecule has 0 spiro atoms. The third kappa shape index (κ3) is 3.96. The minimum absolute atomic E-state index is 0.296. The van der Waals surface area contributed by atoms with Crippen LogP contribution in [-0.4, -0.2) is 32.3 Å². The van der Waals surface area contributed by atoms with Gasteiger partial charge in [0, 0.05) is 30.2 Å². The van der Waals surface area contributed by atoms with Gasteiger partial charge in [-0.1, -0.05) is 13.0 Å². The van der Waals surface area contributed by atoms with Gasteiger partial charge in [-0.2, -0.15) is 0 Å². The molecule has 0 aromatic heterocycles. The van der Waals surface area contributed by atoms with Gasteiger partial charge in [-0.25, -0.2) is 0 Å². The third-order valence-electron chi connectivity index (χ3n) is 3.77. The number of nitrogens with one attached hydrogen (secondary N) is 1. The summed E-state index contributed by atoms with van der Waals surface area (Å²) in [5.74, 6) is 0. The van der Waals surface area contributed by atoms with Crippen LogP contribution < -0.4 is 10.2 Å². The second-order valence-corrected chi connectivity index (χ2v) is 6.33. The molecule has 4 heteroatoms. The van der Waals surface area contributed by atoms with Crippen molar-refractivity contribution < 1.29 is 4.74 Å². The molecule has 1 N–H and O–H groups in total. The lowest BCUT2D eigenvalue weighted by atomic mass is 10.1. The Balaban J connectivity index is 2.16. The predicted octanol–water partition coefficient (Wildman–Crippen LogP) is 3.73. The van der Waals surface area contributed by atoms with E-state index >= 15 is 0 Å². The maximum atomic E-state index is 5.72. The van der Waals surface area contributed by atoms with Crippen molar-refractivity contribution in [3.8, 4) is 0 Å². The molecule has 0 aliphatic carbocycles. The summed E-state index contributed by atoms with van der Waals surface area (Å²) >= 11 is 3.74. The average molecular weight is 341 g/mol. The number of benzene rings is 1. The second kappa shape index (κ2) is 7.43. The minimum atomic E-state index is 0.296. The Kier molecular flexibility index (Phi) is 5.87. The SMILES string of the molecule is CCNC(C)c1ccc(N2CCCOC(C)C2)c(Br)c1. The van der Waals surface area contributed by atoms with Crippen molar-refractivity contribution >= 4 is 21.6 Å². The molecule has 0 amide bonds. The van der Waals surface area contributed by atoms with Gasteiger partial charge < -0.3 is 15.0 Å². The van der Waals surface area contributed by atoms with Gasteiger partial charge >= 0.3 is 0 Å². The van der Waals surface area contributed by atoms with Crippen LogP contribution in [0, 0.1) is 0 Å². The Bertz CT molecular complexity index is 438. The summed E-state index contributed by atoms with van der Waals surface area (Å²) in [7, 11) is 0. The number of halogens is 1. The quantitative estimate of drug-likeness (QED) is 0.903. The molecule has 0 bridgehead atoms. The van der Waals surface area contributed by atoms with Crippen LogP contribution in [0.5, 0.6) is 0 Å². The Morgan fingerprint density at radius 3 is 3.00 bits per heavy atom. The van der Waals surface area contributed by atoms with E-state index in [2.05, 4.69) is 65.1 Å². The van der Waals surface area contributed by atoms with E-state index in [4.69, 9.17) is 4.74 Å². The zero-order chi connectivity index (χ0) is 14.5. The highest BCUT2D eigenvalue weighted by molar-refractivity contribution is 9.10. The van der Waals surface area contributed by atoms with E-state index in [0.29, 0.717) is 12.1 Å². The lowest BCUT2D eigenvalue weighted by Crippen LogP contribution is -2.30. The molecule has 1 saturated heterocycles. The molecule has 1 heterocycles. The van der Waals surface area contributed by atoms with E-state index in [0.717, 1.165) is 32.7 Å². The minimum Gasteiger partial charge on any atom is -0.377 e. The summed E-state index contributed by atoms with van der Waals surface area (Å²) < 4.78 is 6.90. The zero-order valence-corrected chi connectivity index (χ0v) is 14.2. The summed E-state index contributed by atoms with van der Waals surface area (Å²) in [5, 5.41) is 3.45. The van der Waals surface area contributed by atoms with E-state index in [1.807, 2.05) is 0 Å². The molecule has 1 aromatic carbocycles. The number of anilines is 1. The predicted molar refractivity (Wildman–Crippen MR) is 88.5 cm³/mol. The Morgan fingerprint density at radius 2 is 2.30 bits per heavy atom. The highest BCUT2D eigenvalue weighted by Gasteiger charge is 2.18. The molecule has 20 heavy (non-hydrogen) atoms. The first-order valence-corrected chi connectivity index (χ1v) is 8.30. The molecule has 2 atom stereocenters. The molecule has 112 valence electrons. The molecule has 1 fully saturated rings. The first-order valence-electron chi connectivity index (χ1n) is 7.51. The van der Waals surface area contributed by atoms with Gasteiger partial charge in [0.2, 0.25) is 0 Å². The normalized spacial score (nSPS) is 21.6. The maximum absolute atomic E-state index is 5.72. The van der Waals surface area contributed by atoms with Gasteiger partial charge in [-0.3, -0.25) is 0 Å². The molecule has 0 saturated carbocycles. The van der Waals surface area contributed by atoms with Crippen molar-refractivity contribution in [1.29, 1.82) is 0 Å². The van der Waals surface area contributed by atoms with Gasteiger partial charge in [-0.05, 0) is 60.4 Å². The Hall–Kier alpha value is -0.580. The monoisotopic (exact) mass is 340 g/mol. The van der Waals surface area contributed by atoms with E-state index in [-0.39, 0.29) is 0 Å². The molecular weight excluding hydrogens is 316 g/mol. The van der Waals surface area contributed by atoms with Gasteiger partial charge in [0.1, 0.15) is 0 Å². The number of hydrogen-bond donors (Lipinski definition) is 1. The van der Waals surface area contributed by atoms with Gasteiger partial charge in [0.25, 0.3) is 0 Å². The molecule has 1 aliphatic rings. The zero-order valence-electron chi connectivity index (χ0n) is 12.7. The highest BCUT2D eigenvalue weighted by Crippen LogP contribution is 2.30. The third-order valence-corrected chi connectivity index (χ3v) is 4.41. The van der Waals surface area contributed by atoms with Crippen molar-refractivity contribution in [1.82, 2.24) is 5.32 Å². The van der Waals surface area contributed by atoms with Crippen molar-refractivity contribution in [2.45, 2.75) is 39.3 Å². The number of hydrogen-bond acceptors (Lipinski definition) is 3. The van der Waals surface area contributed by atoms with Crippen LogP contribution in [0.25, 0.3) is 0 Å². The average Bonchev–Trinajstić information content (AvgIpc) is 2.63. The maximum Gasteiger partial charge on any atom is 0.0721 e. The van der Waals surface area contributed by atoms with Crippen molar-refractivity contribution in [3.63, 3.8) is 0 Å². The van der Waals surface area contributed by atoms with Crippen LogP contribution in [0.1, 0.15) is 38.8 Å². The first-order chi connectivity index (χ1) is 9.61. The van der Waals surface area contributed by atoms with E-state index in [1.165, 1.54) is 15.7 Å². The molecule has 1 aliphatic heterocycles. The van der Waals surface area contributed by atoms with Crippen molar-refractivity contribution in [2.75, 3.05) is 31.1 Å². The molecule has 2 rings (SSSR count). The second-order valence-electron chi connectivity index (χ2n) is 5.47. The molecule has 3 nitrogen and oxygen atoms in total. The lowest BCUT2D eigenvalue weighted by molar-refractivity contribution is 0.0821. The van der Waals surface area contributed by atoms with E-state index in [9.17, 15) is 0 Å². The topological polar surface area (TPSA) is 24.5 Å². The van der Waals surface area contributed by atoms with Crippen LogP contribution in [0.3, 0.4) is 0 Å². The van der Waals surface area contributed by atoms with E-state index in [1.54, 1.807) is 0 Å². The van der Waals surface area contributed by atoms with Gasteiger partial charge in [0.15, 0.2) is 0 Å². The summed E-state index contributed by atoms with van der Waals surface area (Å²) in [6, 6.07) is 7.07. The standard InChI is InChI=1S/C16H25BrN2O/c1-4-18-13(3)14-6-7-16(15(17)10-14)19-8-5-9-20-12(2)11-19/h6-7,10,12-13,18H,4-5,8-9,11H2,1-3H3. The van der Waals surface area contributed by atoms with Crippen LogP contribution >= 0.6 is 15.9 Å². The van der Waals surface area contributed by atoms with Crippen LogP contribution in [-0.2, 0) is 4.74 Å². The molecule has 2 unspecified atom stereocenters. The highest BCUT2D eigenvalue weighted by atomic mass is 79.9. The Morgan fingerprint density at radius 1 is 1.50 bits per heavy atom.